The number of benzene rings is 1. The Morgan fingerprint density at radius 2 is 1.80 bits per heavy atom. The van der Waals surface area contributed by atoms with Crippen LogP contribution in [0.15, 0.2) is 18.2 Å². The largest absolute Gasteiger partial charge is 0.444 e. The van der Waals surface area contributed by atoms with E-state index in [1.807, 2.05) is 31.7 Å². The monoisotopic (exact) mass is 352 g/mol. The van der Waals surface area contributed by atoms with Crippen LogP contribution in [0, 0.1) is 5.82 Å². The van der Waals surface area contributed by atoms with E-state index >= 15 is 0 Å². The first-order chi connectivity index (χ1) is 11.8. The standard InChI is InChI=1S/C18H25FN2O4/c1-18(2,3)25-17(22)21-8-6-20(7-9-21)15-5-4-13(12-14(15)19)16-23-10-11-24-16/h4-5,12,16H,6-11H2,1-3H3. The number of amides is 1. The van der Waals surface area contributed by atoms with Gasteiger partial charge in [-0.05, 0) is 32.9 Å². The summed E-state index contributed by atoms with van der Waals surface area (Å²) in [4.78, 5) is 15.7. The number of hydrogen-bond donors (Lipinski definition) is 0. The zero-order valence-electron chi connectivity index (χ0n) is 15.0. The highest BCUT2D eigenvalue weighted by atomic mass is 19.1. The summed E-state index contributed by atoms with van der Waals surface area (Å²) in [5, 5.41) is 0. The van der Waals surface area contributed by atoms with Gasteiger partial charge in [-0.1, -0.05) is 6.07 Å². The van der Waals surface area contributed by atoms with Gasteiger partial charge in [-0.3, -0.25) is 0 Å². The fourth-order valence-electron chi connectivity index (χ4n) is 2.93. The first-order valence-corrected chi connectivity index (χ1v) is 8.59. The molecule has 7 heteroatoms. The summed E-state index contributed by atoms with van der Waals surface area (Å²) < 4.78 is 30.7. The number of carbonyl (C=O) groups excluding carboxylic acids is 1. The normalized spacial score (nSPS) is 19.4. The minimum Gasteiger partial charge on any atom is -0.444 e. The summed E-state index contributed by atoms with van der Waals surface area (Å²) in [7, 11) is 0. The van der Waals surface area contributed by atoms with Crippen molar-refractivity contribution in [1.82, 2.24) is 4.90 Å². The van der Waals surface area contributed by atoms with Gasteiger partial charge in [0.25, 0.3) is 0 Å². The molecule has 6 nitrogen and oxygen atoms in total. The highest BCUT2D eigenvalue weighted by molar-refractivity contribution is 5.68. The maximum atomic E-state index is 14.5. The third-order valence-corrected chi connectivity index (χ3v) is 4.14. The average Bonchev–Trinajstić information content (AvgIpc) is 3.08. The average molecular weight is 352 g/mol. The maximum Gasteiger partial charge on any atom is 0.410 e. The van der Waals surface area contributed by atoms with Crippen molar-refractivity contribution >= 4 is 11.8 Å². The number of halogens is 1. The lowest BCUT2D eigenvalue weighted by Crippen LogP contribution is -2.50. The van der Waals surface area contributed by atoms with Crippen molar-refractivity contribution in [2.45, 2.75) is 32.7 Å². The van der Waals surface area contributed by atoms with E-state index in [1.165, 1.54) is 6.07 Å². The Kier molecular flexibility index (Phi) is 5.15. The van der Waals surface area contributed by atoms with E-state index in [0.29, 0.717) is 50.6 Å². The Bertz CT molecular complexity index is 618. The number of ether oxygens (including phenoxy) is 3. The van der Waals surface area contributed by atoms with Crippen LogP contribution in [0.1, 0.15) is 32.6 Å². The van der Waals surface area contributed by atoms with Crippen molar-refractivity contribution < 1.29 is 23.4 Å². The number of nitrogens with zero attached hydrogens (tertiary/aromatic N) is 2. The van der Waals surface area contributed by atoms with Gasteiger partial charge in [0.05, 0.1) is 18.9 Å². The second-order valence-corrected chi connectivity index (χ2v) is 7.24. The van der Waals surface area contributed by atoms with Crippen LogP contribution in [0.3, 0.4) is 0 Å². The molecule has 0 saturated carbocycles. The number of anilines is 1. The van der Waals surface area contributed by atoms with Gasteiger partial charge < -0.3 is 24.0 Å². The zero-order chi connectivity index (χ0) is 18.0. The molecule has 2 fully saturated rings. The van der Waals surface area contributed by atoms with Crippen molar-refractivity contribution in [3.8, 4) is 0 Å². The minimum atomic E-state index is -0.513. The maximum absolute atomic E-state index is 14.5. The third-order valence-electron chi connectivity index (χ3n) is 4.14. The van der Waals surface area contributed by atoms with Crippen LogP contribution >= 0.6 is 0 Å². The van der Waals surface area contributed by atoms with Crippen molar-refractivity contribution in [2.75, 3.05) is 44.3 Å². The van der Waals surface area contributed by atoms with Crippen molar-refractivity contribution in [3.05, 3.63) is 29.6 Å². The molecule has 2 aliphatic rings. The molecular formula is C18H25FN2O4. The molecule has 2 heterocycles. The van der Waals surface area contributed by atoms with Gasteiger partial charge in [-0.2, -0.15) is 0 Å². The van der Waals surface area contributed by atoms with Crippen molar-refractivity contribution in [1.29, 1.82) is 0 Å². The molecule has 0 unspecified atom stereocenters. The third kappa shape index (κ3) is 4.41. The molecule has 3 rings (SSSR count). The van der Waals surface area contributed by atoms with E-state index in [0.717, 1.165) is 0 Å². The summed E-state index contributed by atoms with van der Waals surface area (Å²) in [6.45, 7) is 8.72. The fourth-order valence-corrected chi connectivity index (χ4v) is 2.93. The van der Waals surface area contributed by atoms with E-state index in [4.69, 9.17) is 14.2 Å². The molecule has 138 valence electrons. The van der Waals surface area contributed by atoms with Crippen LogP contribution in [0.2, 0.25) is 0 Å². The van der Waals surface area contributed by atoms with E-state index in [-0.39, 0.29) is 11.9 Å². The van der Waals surface area contributed by atoms with Crippen LogP contribution in [0.25, 0.3) is 0 Å². The number of carbonyl (C=O) groups is 1. The van der Waals surface area contributed by atoms with Crippen molar-refractivity contribution in [3.63, 3.8) is 0 Å². The van der Waals surface area contributed by atoms with Gasteiger partial charge >= 0.3 is 6.09 Å². The summed E-state index contributed by atoms with van der Waals surface area (Å²) in [6, 6.07) is 5.04. The van der Waals surface area contributed by atoms with E-state index in [2.05, 4.69) is 0 Å². The quantitative estimate of drug-likeness (QED) is 0.819. The lowest BCUT2D eigenvalue weighted by atomic mass is 10.1. The number of rotatable bonds is 2. The van der Waals surface area contributed by atoms with Gasteiger partial charge in [0.1, 0.15) is 11.4 Å². The van der Waals surface area contributed by atoms with Crippen LogP contribution < -0.4 is 4.90 Å². The predicted molar refractivity (Wildman–Crippen MR) is 91.1 cm³/mol. The molecule has 1 aromatic rings. The Balaban J connectivity index is 1.60. The Hall–Kier alpha value is -1.86. The molecule has 0 atom stereocenters. The molecule has 0 radical (unpaired) electrons. The molecule has 0 aromatic heterocycles. The molecule has 0 aliphatic carbocycles. The van der Waals surface area contributed by atoms with Gasteiger partial charge in [0, 0.05) is 31.7 Å². The molecule has 0 bridgehead atoms. The molecule has 2 saturated heterocycles. The van der Waals surface area contributed by atoms with E-state index in [1.54, 1.807) is 11.0 Å². The van der Waals surface area contributed by atoms with Gasteiger partial charge in [-0.15, -0.1) is 0 Å². The molecule has 25 heavy (non-hydrogen) atoms. The summed E-state index contributed by atoms with van der Waals surface area (Å²) in [5.74, 6) is -0.303. The Morgan fingerprint density at radius 3 is 2.36 bits per heavy atom. The lowest BCUT2D eigenvalue weighted by Gasteiger charge is -2.36. The number of piperazine rings is 1. The molecule has 0 spiro atoms. The second kappa shape index (κ2) is 7.17. The summed E-state index contributed by atoms with van der Waals surface area (Å²) in [6.07, 6.45) is -0.800. The second-order valence-electron chi connectivity index (χ2n) is 7.24. The number of hydrogen-bond acceptors (Lipinski definition) is 5. The molecular weight excluding hydrogens is 327 g/mol. The molecule has 1 amide bonds. The zero-order valence-corrected chi connectivity index (χ0v) is 15.0. The van der Waals surface area contributed by atoms with Crippen LogP contribution in [-0.4, -0.2) is 56.0 Å². The SMILES string of the molecule is CC(C)(C)OC(=O)N1CCN(c2ccc(C3OCCO3)cc2F)CC1. The summed E-state index contributed by atoms with van der Waals surface area (Å²) >= 11 is 0. The molecule has 0 N–H and O–H groups in total. The van der Waals surface area contributed by atoms with Crippen molar-refractivity contribution in [2.24, 2.45) is 0 Å². The highest BCUT2D eigenvalue weighted by Crippen LogP contribution is 2.28. The molecule has 2 aliphatic heterocycles. The minimum absolute atomic E-state index is 0.303. The first-order valence-electron chi connectivity index (χ1n) is 8.59. The Labute approximate surface area is 147 Å². The van der Waals surface area contributed by atoms with E-state index < -0.39 is 11.9 Å². The van der Waals surface area contributed by atoms with Gasteiger partial charge in [0.15, 0.2) is 6.29 Å². The predicted octanol–water partition coefficient (Wildman–Crippen LogP) is 2.93. The Morgan fingerprint density at radius 1 is 1.16 bits per heavy atom. The molecule has 1 aromatic carbocycles. The van der Waals surface area contributed by atoms with Crippen LogP contribution in [0.5, 0.6) is 0 Å². The van der Waals surface area contributed by atoms with E-state index in [9.17, 15) is 9.18 Å². The first kappa shape index (κ1) is 17.9. The van der Waals surface area contributed by atoms with Crippen LogP contribution in [-0.2, 0) is 14.2 Å². The summed E-state index contributed by atoms with van der Waals surface area (Å²) in [5.41, 5.74) is 0.706. The van der Waals surface area contributed by atoms with Gasteiger partial charge in [0.2, 0.25) is 0 Å². The topological polar surface area (TPSA) is 51.2 Å². The van der Waals surface area contributed by atoms with Gasteiger partial charge in [-0.25, -0.2) is 9.18 Å². The fraction of sp³-hybridized carbons (Fsp3) is 0.611. The van der Waals surface area contributed by atoms with Crippen LogP contribution in [0.4, 0.5) is 14.9 Å². The smallest absolute Gasteiger partial charge is 0.410 e. The highest BCUT2D eigenvalue weighted by Gasteiger charge is 2.27. The lowest BCUT2D eigenvalue weighted by molar-refractivity contribution is -0.0442.